The molecular formula is C11H17NO3S. The van der Waals surface area contributed by atoms with Gasteiger partial charge in [0.1, 0.15) is 5.25 Å². The first-order chi connectivity index (χ1) is 7.27. The summed E-state index contributed by atoms with van der Waals surface area (Å²) in [4.78, 5) is 0. The summed E-state index contributed by atoms with van der Waals surface area (Å²) in [5, 5.41) is -0.937. The van der Waals surface area contributed by atoms with Crippen LogP contribution in [0.3, 0.4) is 0 Å². The molecule has 0 heterocycles. The lowest BCUT2D eigenvalue weighted by atomic mass is 9.99. The maximum Gasteiger partial charge on any atom is 0.272 e. The molecule has 0 amide bonds. The van der Waals surface area contributed by atoms with Gasteiger partial charge in [-0.1, -0.05) is 13.0 Å². The summed E-state index contributed by atoms with van der Waals surface area (Å²) < 4.78 is 31.7. The smallest absolute Gasteiger partial charge is 0.272 e. The van der Waals surface area contributed by atoms with E-state index in [4.69, 9.17) is 10.3 Å². The Morgan fingerprint density at radius 2 is 1.94 bits per heavy atom. The van der Waals surface area contributed by atoms with Crippen LogP contribution in [0, 0.1) is 13.8 Å². The first-order valence-corrected chi connectivity index (χ1v) is 6.60. The number of nitrogen functional groups attached to an aromatic ring is 1. The van der Waals surface area contributed by atoms with Gasteiger partial charge in [-0.05, 0) is 43.0 Å². The molecular weight excluding hydrogens is 226 g/mol. The van der Waals surface area contributed by atoms with Crippen LogP contribution in [0.4, 0.5) is 5.69 Å². The van der Waals surface area contributed by atoms with Crippen molar-refractivity contribution in [1.29, 1.82) is 0 Å². The van der Waals surface area contributed by atoms with E-state index < -0.39 is 15.4 Å². The zero-order chi connectivity index (χ0) is 12.5. The Balaban J connectivity index is 3.43. The highest BCUT2D eigenvalue weighted by Gasteiger charge is 2.26. The molecule has 5 heteroatoms. The third-order valence-electron chi connectivity index (χ3n) is 2.62. The first-order valence-electron chi connectivity index (χ1n) is 5.10. The fraction of sp³-hybridized carbons (Fsp3) is 0.455. The van der Waals surface area contributed by atoms with Gasteiger partial charge >= 0.3 is 0 Å². The summed E-state index contributed by atoms with van der Waals surface area (Å²) in [5.74, 6) is 0. The normalized spacial score (nSPS) is 13.8. The third-order valence-corrected chi connectivity index (χ3v) is 3.90. The molecule has 0 saturated carbocycles. The Morgan fingerprint density at radius 1 is 1.38 bits per heavy atom. The van der Waals surface area contributed by atoms with Crippen LogP contribution in [0.1, 0.15) is 35.3 Å². The summed E-state index contributed by atoms with van der Waals surface area (Å²) in [6.45, 7) is 5.39. The van der Waals surface area contributed by atoms with E-state index in [2.05, 4.69) is 0 Å². The van der Waals surface area contributed by atoms with Gasteiger partial charge in [0.25, 0.3) is 10.1 Å². The lowest BCUT2D eigenvalue weighted by molar-refractivity contribution is 0.466. The molecule has 3 N–H and O–H groups in total. The average molecular weight is 243 g/mol. The zero-order valence-corrected chi connectivity index (χ0v) is 10.5. The van der Waals surface area contributed by atoms with Crippen LogP contribution in [0.5, 0.6) is 0 Å². The molecule has 0 spiro atoms. The molecule has 1 rings (SSSR count). The van der Waals surface area contributed by atoms with Crippen LogP contribution in [0.15, 0.2) is 12.1 Å². The molecule has 0 saturated heterocycles. The van der Waals surface area contributed by atoms with Gasteiger partial charge in [-0.15, -0.1) is 0 Å². The average Bonchev–Trinajstić information content (AvgIpc) is 2.08. The Hall–Kier alpha value is -1.07. The van der Waals surface area contributed by atoms with Crippen molar-refractivity contribution in [2.45, 2.75) is 32.4 Å². The summed E-state index contributed by atoms with van der Waals surface area (Å²) in [6.07, 6.45) is 0.299. The number of hydrogen-bond acceptors (Lipinski definition) is 3. The topological polar surface area (TPSA) is 80.4 Å². The summed E-state index contributed by atoms with van der Waals surface area (Å²) >= 11 is 0. The molecule has 1 atom stereocenters. The molecule has 1 aromatic rings. The van der Waals surface area contributed by atoms with E-state index in [1.807, 2.05) is 13.0 Å². The van der Waals surface area contributed by atoms with E-state index >= 15 is 0 Å². The molecule has 0 aromatic heterocycles. The van der Waals surface area contributed by atoms with Crippen molar-refractivity contribution in [1.82, 2.24) is 0 Å². The second kappa shape index (κ2) is 4.43. The SMILES string of the molecule is CCC(c1c(C)cc(C)cc1N)S(=O)(=O)O. The molecule has 90 valence electrons. The highest BCUT2D eigenvalue weighted by molar-refractivity contribution is 7.86. The maximum atomic E-state index is 11.3. The lowest BCUT2D eigenvalue weighted by Crippen LogP contribution is -2.14. The van der Waals surface area contributed by atoms with E-state index in [0.717, 1.165) is 11.1 Å². The predicted octanol–water partition coefficient (Wildman–Crippen LogP) is 2.22. The highest BCUT2D eigenvalue weighted by Crippen LogP contribution is 2.33. The van der Waals surface area contributed by atoms with Crippen LogP contribution < -0.4 is 5.73 Å². The van der Waals surface area contributed by atoms with Crippen LogP contribution in [-0.2, 0) is 10.1 Å². The standard InChI is InChI=1S/C11H17NO3S/c1-4-10(16(13,14)15)11-8(3)5-7(2)6-9(11)12/h5-6,10H,4,12H2,1-3H3,(H,13,14,15). The quantitative estimate of drug-likeness (QED) is 0.630. The third kappa shape index (κ3) is 2.54. The van der Waals surface area contributed by atoms with Gasteiger partial charge < -0.3 is 5.73 Å². The number of nitrogens with two attached hydrogens (primary N) is 1. The maximum absolute atomic E-state index is 11.3. The Bertz CT molecular complexity index is 471. The predicted molar refractivity (Wildman–Crippen MR) is 64.9 cm³/mol. The summed E-state index contributed by atoms with van der Waals surface area (Å²) in [5.41, 5.74) is 8.52. The fourth-order valence-electron chi connectivity index (χ4n) is 2.02. The van der Waals surface area contributed by atoms with Gasteiger partial charge in [-0.2, -0.15) is 8.42 Å². The van der Waals surface area contributed by atoms with Crippen molar-refractivity contribution in [3.63, 3.8) is 0 Å². The molecule has 16 heavy (non-hydrogen) atoms. The second-order valence-electron chi connectivity index (χ2n) is 4.00. The van der Waals surface area contributed by atoms with Gasteiger partial charge in [0.15, 0.2) is 0 Å². The largest absolute Gasteiger partial charge is 0.398 e. The first kappa shape index (κ1) is 13.0. The van der Waals surface area contributed by atoms with E-state index in [1.54, 1.807) is 19.9 Å². The van der Waals surface area contributed by atoms with Crippen molar-refractivity contribution in [2.75, 3.05) is 5.73 Å². The number of aryl methyl sites for hydroxylation is 2. The summed E-state index contributed by atoms with van der Waals surface area (Å²) in [7, 11) is -4.11. The van der Waals surface area contributed by atoms with Crippen molar-refractivity contribution < 1.29 is 13.0 Å². The minimum Gasteiger partial charge on any atom is -0.398 e. The van der Waals surface area contributed by atoms with E-state index in [0.29, 0.717) is 17.7 Å². The van der Waals surface area contributed by atoms with Gasteiger partial charge in [-0.25, -0.2) is 0 Å². The molecule has 0 fully saturated rings. The van der Waals surface area contributed by atoms with Crippen LogP contribution in [0.25, 0.3) is 0 Å². The molecule has 1 unspecified atom stereocenters. The van der Waals surface area contributed by atoms with E-state index in [-0.39, 0.29) is 0 Å². The lowest BCUT2D eigenvalue weighted by Gasteiger charge is -2.17. The van der Waals surface area contributed by atoms with Crippen molar-refractivity contribution in [3.05, 3.63) is 28.8 Å². The Kier molecular flexibility index (Phi) is 3.60. The monoisotopic (exact) mass is 243 g/mol. The summed E-state index contributed by atoms with van der Waals surface area (Å²) in [6, 6.07) is 3.58. The van der Waals surface area contributed by atoms with Gasteiger partial charge in [0.2, 0.25) is 0 Å². The van der Waals surface area contributed by atoms with Crippen LogP contribution in [0.2, 0.25) is 0 Å². The van der Waals surface area contributed by atoms with Gasteiger partial charge in [0, 0.05) is 5.69 Å². The molecule has 0 aliphatic carbocycles. The molecule has 0 bridgehead atoms. The Morgan fingerprint density at radius 3 is 2.31 bits per heavy atom. The molecule has 0 aliphatic heterocycles. The van der Waals surface area contributed by atoms with Gasteiger partial charge in [-0.3, -0.25) is 4.55 Å². The number of hydrogen-bond donors (Lipinski definition) is 2. The van der Waals surface area contributed by atoms with E-state index in [1.165, 1.54) is 0 Å². The van der Waals surface area contributed by atoms with Crippen molar-refractivity contribution in [2.24, 2.45) is 0 Å². The van der Waals surface area contributed by atoms with Crippen LogP contribution >= 0.6 is 0 Å². The Labute approximate surface area is 96.2 Å². The van der Waals surface area contributed by atoms with E-state index in [9.17, 15) is 8.42 Å². The number of rotatable bonds is 3. The van der Waals surface area contributed by atoms with Gasteiger partial charge in [0.05, 0.1) is 0 Å². The molecule has 4 nitrogen and oxygen atoms in total. The molecule has 1 aromatic carbocycles. The van der Waals surface area contributed by atoms with Crippen LogP contribution in [-0.4, -0.2) is 13.0 Å². The van der Waals surface area contributed by atoms with Crippen molar-refractivity contribution in [3.8, 4) is 0 Å². The fourth-order valence-corrected chi connectivity index (χ4v) is 3.06. The minimum absolute atomic E-state index is 0.299. The number of benzene rings is 1. The molecule has 0 radical (unpaired) electrons. The van der Waals surface area contributed by atoms with Crippen molar-refractivity contribution >= 4 is 15.8 Å². The molecule has 0 aliphatic rings. The minimum atomic E-state index is -4.11. The number of anilines is 1. The highest BCUT2D eigenvalue weighted by atomic mass is 32.2. The second-order valence-corrected chi connectivity index (χ2v) is 5.60. The zero-order valence-electron chi connectivity index (χ0n) is 9.69.